The number of nitrogens with one attached hydrogen (secondary N) is 1. The number of pyridine rings is 2. The third-order valence-electron chi connectivity index (χ3n) is 4.62. The zero-order chi connectivity index (χ0) is 16.7. The number of hydrogen-bond donors (Lipinski definition) is 1. The minimum atomic E-state index is 0.383. The Kier molecular flexibility index (Phi) is 3.49. The van der Waals surface area contributed by atoms with E-state index in [0.29, 0.717) is 6.04 Å². The second-order valence-corrected chi connectivity index (χ2v) is 6.36. The summed E-state index contributed by atoms with van der Waals surface area (Å²) in [5, 5.41) is 3.32. The molecule has 2 aromatic heterocycles. The van der Waals surface area contributed by atoms with Gasteiger partial charge in [-0.2, -0.15) is 0 Å². The van der Waals surface area contributed by atoms with Gasteiger partial charge in [0.2, 0.25) is 0 Å². The molecule has 4 heterocycles. The van der Waals surface area contributed by atoms with Gasteiger partial charge in [0.25, 0.3) is 0 Å². The van der Waals surface area contributed by atoms with Gasteiger partial charge in [-0.25, -0.2) is 9.97 Å². The zero-order valence-corrected chi connectivity index (χ0v) is 13.9. The topological polar surface area (TPSA) is 44.3 Å². The van der Waals surface area contributed by atoms with Crippen molar-refractivity contribution in [3.8, 4) is 0 Å². The SMILES string of the molecule is C=C(C)c1ccc2c(n1)N(C(=C)Nc1ccccn1)C1CCN2C1. The standard InChI is InChI=1S/C19H21N5/c1-13(2)16-7-8-17-19(22-16)24(15-9-11-23(17)12-15)14(3)21-18-6-4-5-10-20-18/h4-8,10,15H,1,3,9,11-12H2,2H3,(H,20,21). The smallest absolute Gasteiger partial charge is 0.158 e. The zero-order valence-electron chi connectivity index (χ0n) is 13.9. The fourth-order valence-corrected chi connectivity index (χ4v) is 3.44. The molecule has 0 saturated carbocycles. The lowest BCUT2D eigenvalue weighted by Gasteiger charge is -2.38. The molecule has 1 N–H and O–H groups in total. The predicted octanol–water partition coefficient (Wildman–Crippen LogP) is 3.49. The summed E-state index contributed by atoms with van der Waals surface area (Å²) in [4.78, 5) is 13.8. The number of rotatable bonds is 4. The number of nitrogens with zero attached hydrogens (tertiary/aromatic N) is 4. The van der Waals surface area contributed by atoms with E-state index in [1.165, 1.54) is 0 Å². The van der Waals surface area contributed by atoms with Crippen molar-refractivity contribution in [3.05, 3.63) is 61.2 Å². The molecule has 0 radical (unpaired) electrons. The van der Waals surface area contributed by atoms with Gasteiger partial charge in [0.05, 0.1) is 17.4 Å². The molecular weight excluding hydrogens is 298 g/mol. The molecule has 1 atom stereocenters. The van der Waals surface area contributed by atoms with Crippen molar-refractivity contribution in [2.24, 2.45) is 0 Å². The molecule has 2 aliphatic heterocycles. The number of aromatic nitrogens is 2. The highest BCUT2D eigenvalue weighted by Crippen LogP contribution is 2.41. The Labute approximate surface area is 142 Å². The molecule has 2 bridgehead atoms. The summed E-state index contributed by atoms with van der Waals surface area (Å²) in [5.74, 6) is 2.56. The summed E-state index contributed by atoms with van der Waals surface area (Å²) in [7, 11) is 0. The van der Waals surface area contributed by atoms with Crippen molar-refractivity contribution in [2.75, 3.05) is 28.2 Å². The number of fused-ring (bicyclic) bond motifs is 4. The van der Waals surface area contributed by atoms with Crippen LogP contribution in [0.4, 0.5) is 17.3 Å². The minimum Gasteiger partial charge on any atom is -0.366 e. The van der Waals surface area contributed by atoms with E-state index in [0.717, 1.165) is 53.9 Å². The summed E-state index contributed by atoms with van der Waals surface area (Å²) >= 11 is 0. The van der Waals surface area contributed by atoms with E-state index in [1.807, 2.05) is 31.2 Å². The van der Waals surface area contributed by atoms with E-state index < -0.39 is 0 Å². The summed E-state index contributed by atoms with van der Waals surface area (Å²) < 4.78 is 0. The van der Waals surface area contributed by atoms with Gasteiger partial charge in [0.15, 0.2) is 5.82 Å². The average molecular weight is 319 g/mol. The lowest BCUT2D eigenvalue weighted by Crippen LogP contribution is -2.43. The van der Waals surface area contributed by atoms with Crippen LogP contribution in [-0.4, -0.2) is 29.1 Å². The van der Waals surface area contributed by atoms with E-state index >= 15 is 0 Å². The molecule has 2 aromatic rings. The van der Waals surface area contributed by atoms with Crippen LogP contribution in [0.15, 0.2) is 55.5 Å². The molecule has 1 saturated heterocycles. The maximum Gasteiger partial charge on any atom is 0.158 e. The molecular formula is C19H21N5. The van der Waals surface area contributed by atoms with Gasteiger partial charge in [-0.3, -0.25) is 0 Å². The first-order chi connectivity index (χ1) is 11.6. The van der Waals surface area contributed by atoms with Crippen molar-refractivity contribution in [2.45, 2.75) is 19.4 Å². The average Bonchev–Trinajstić information content (AvgIpc) is 3.00. The van der Waals surface area contributed by atoms with Crippen LogP contribution in [0.2, 0.25) is 0 Å². The molecule has 5 heteroatoms. The first-order valence-electron chi connectivity index (χ1n) is 8.21. The number of anilines is 3. The molecule has 0 aliphatic carbocycles. The highest BCUT2D eigenvalue weighted by atomic mass is 15.4. The first kappa shape index (κ1) is 14.8. The van der Waals surface area contributed by atoms with Crippen LogP contribution in [0.25, 0.3) is 5.57 Å². The quantitative estimate of drug-likeness (QED) is 0.934. The number of allylic oxidation sites excluding steroid dienone is 1. The van der Waals surface area contributed by atoms with E-state index in [9.17, 15) is 0 Å². The third-order valence-corrected chi connectivity index (χ3v) is 4.62. The second-order valence-electron chi connectivity index (χ2n) is 6.36. The van der Waals surface area contributed by atoms with Crippen LogP contribution < -0.4 is 15.1 Å². The van der Waals surface area contributed by atoms with Gasteiger partial charge >= 0.3 is 0 Å². The third kappa shape index (κ3) is 2.42. The van der Waals surface area contributed by atoms with Crippen LogP contribution in [0, 0.1) is 0 Å². The fourth-order valence-electron chi connectivity index (χ4n) is 3.44. The molecule has 1 fully saturated rings. The van der Waals surface area contributed by atoms with E-state index in [4.69, 9.17) is 4.98 Å². The molecule has 2 aliphatic rings. The Morgan fingerprint density at radius 2 is 2.12 bits per heavy atom. The number of hydrogen-bond acceptors (Lipinski definition) is 5. The van der Waals surface area contributed by atoms with Gasteiger partial charge in [-0.05, 0) is 43.2 Å². The van der Waals surface area contributed by atoms with E-state index in [-0.39, 0.29) is 0 Å². The Hall–Kier alpha value is -2.82. The maximum absolute atomic E-state index is 4.86. The van der Waals surface area contributed by atoms with Gasteiger partial charge in [0.1, 0.15) is 11.6 Å². The highest BCUT2D eigenvalue weighted by molar-refractivity contribution is 5.77. The molecule has 5 nitrogen and oxygen atoms in total. The second kappa shape index (κ2) is 5.67. The van der Waals surface area contributed by atoms with Crippen molar-refractivity contribution >= 4 is 22.9 Å². The van der Waals surface area contributed by atoms with Crippen LogP contribution in [0.1, 0.15) is 19.0 Å². The summed E-state index contributed by atoms with van der Waals surface area (Å²) in [6, 6.07) is 10.4. The molecule has 24 heavy (non-hydrogen) atoms. The predicted molar refractivity (Wildman–Crippen MR) is 99.0 cm³/mol. The monoisotopic (exact) mass is 319 g/mol. The van der Waals surface area contributed by atoms with Gasteiger partial charge in [-0.1, -0.05) is 19.2 Å². The normalized spacial score (nSPS) is 18.3. The summed E-state index contributed by atoms with van der Waals surface area (Å²) in [5.41, 5.74) is 3.05. The van der Waals surface area contributed by atoms with E-state index in [1.54, 1.807) is 6.20 Å². The highest BCUT2D eigenvalue weighted by Gasteiger charge is 2.38. The van der Waals surface area contributed by atoms with Gasteiger partial charge < -0.3 is 15.1 Å². The summed E-state index contributed by atoms with van der Waals surface area (Å²) in [6.45, 7) is 12.3. The Morgan fingerprint density at radius 3 is 2.88 bits per heavy atom. The van der Waals surface area contributed by atoms with Crippen LogP contribution >= 0.6 is 0 Å². The Balaban J connectivity index is 1.72. The lowest BCUT2D eigenvalue weighted by atomic mass is 10.1. The molecule has 122 valence electrons. The fraction of sp³-hybridized carbons (Fsp3) is 0.263. The van der Waals surface area contributed by atoms with E-state index in [2.05, 4.69) is 39.3 Å². The largest absolute Gasteiger partial charge is 0.366 e. The maximum atomic E-state index is 4.86. The Morgan fingerprint density at radius 1 is 1.25 bits per heavy atom. The van der Waals surface area contributed by atoms with Gasteiger partial charge in [-0.15, -0.1) is 0 Å². The molecule has 0 aromatic carbocycles. The van der Waals surface area contributed by atoms with Crippen LogP contribution in [0.3, 0.4) is 0 Å². The minimum absolute atomic E-state index is 0.383. The van der Waals surface area contributed by atoms with Gasteiger partial charge in [0, 0.05) is 19.3 Å². The van der Waals surface area contributed by atoms with Crippen LogP contribution in [0.5, 0.6) is 0 Å². The van der Waals surface area contributed by atoms with Crippen molar-refractivity contribution < 1.29 is 0 Å². The molecule has 4 rings (SSSR count). The first-order valence-corrected chi connectivity index (χ1v) is 8.21. The Bertz CT molecular complexity index is 799. The summed E-state index contributed by atoms with van der Waals surface area (Å²) in [6.07, 6.45) is 2.87. The van der Waals surface area contributed by atoms with Crippen molar-refractivity contribution in [1.82, 2.24) is 9.97 Å². The molecule has 1 unspecified atom stereocenters. The lowest BCUT2D eigenvalue weighted by molar-refractivity contribution is 0.676. The van der Waals surface area contributed by atoms with Crippen molar-refractivity contribution in [3.63, 3.8) is 0 Å². The van der Waals surface area contributed by atoms with Crippen LogP contribution in [-0.2, 0) is 0 Å². The van der Waals surface area contributed by atoms with Crippen molar-refractivity contribution in [1.29, 1.82) is 0 Å². The molecule has 0 spiro atoms. The molecule has 0 amide bonds.